The van der Waals surface area contributed by atoms with E-state index in [0.29, 0.717) is 43.3 Å². The van der Waals surface area contributed by atoms with Gasteiger partial charge in [0.2, 0.25) is 5.91 Å². The Labute approximate surface area is 232 Å². The van der Waals surface area contributed by atoms with E-state index in [1.165, 1.54) is 18.4 Å². The molecule has 5 rings (SSSR count). The van der Waals surface area contributed by atoms with Crippen molar-refractivity contribution < 1.29 is 9.53 Å². The number of rotatable bonds is 4. The fraction of sp³-hybridized carbons (Fsp3) is 0.824. The molecule has 0 aromatic rings. The summed E-state index contributed by atoms with van der Waals surface area (Å²) in [4.78, 5) is 16.5. The summed E-state index contributed by atoms with van der Waals surface area (Å²) in [7, 11) is 0. The van der Waals surface area contributed by atoms with E-state index in [2.05, 4.69) is 65.2 Å². The lowest BCUT2D eigenvalue weighted by Crippen LogP contribution is -2.63. The van der Waals surface area contributed by atoms with Crippen LogP contribution in [-0.4, -0.2) is 37.1 Å². The van der Waals surface area contributed by atoms with E-state index in [9.17, 15) is 10.1 Å². The zero-order valence-electron chi connectivity index (χ0n) is 25.1. The minimum atomic E-state index is -0.250. The fourth-order valence-corrected chi connectivity index (χ4v) is 10.6. The highest BCUT2D eigenvalue weighted by Crippen LogP contribution is 2.74. The number of morpholine rings is 1. The predicted octanol–water partition coefficient (Wildman–Crippen LogP) is 7.71. The lowest BCUT2D eigenvalue weighted by molar-refractivity contribution is -0.169. The van der Waals surface area contributed by atoms with Crippen molar-refractivity contribution in [3.8, 4) is 6.07 Å². The third-order valence-electron chi connectivity index (χ3n) is 13.0. The van der Waals surface area contributed by atoms with E-state index in [1.807, 2.05) is 0 Å². The number of nitrogens with zero attached hydrogens (tertiary/aromatic N) is 2. The van der Waals surface area contributed by atoms with Gasteiger partial charge in [0.25, 0.3) is 0 Å². The summed E-state index contributed by atoms with van der Waals surface area (Å²) in [6.07, 6.45) is 13.0. The number of hydrogen-bond donors (Lipinski definition) is 0. The summed E-state index contributed by atoms with van der Waals surface area (Å²) in [6, 6.07) is 2.47. The van der Waals surface area contributed by atoms with Crippen LogP contribution in [0.3, 0.4) is 0 Å². The van der Waals surface area contributed by atoms with Gasteiger partial charge in [0.1, 0.15) is 0 Å². The van der Waals surface area contributed by atoms with Crippen LogP contribution < -0.4 is 0 Å². The minimum absolute atomic E-state index is 0.0869. The van der Waals surface area contributed by atoms with E-state index >= 15 is 0 Å². The summed E-state index contributed by atoms with van der Waals surface area (Å²) in [5.74, 6) is 1.77. The van der Waals surface area contributed by atoms with Gasteiger partial charge in [-0.2, -0.15) is 5.26 Å². The van der Waals surface area contributed by atoms with E-state index in [0.717, 1.165) is 58.0 Å². The summed E-state index contributed by atoms with van der Waals surface area (Å²) >= 11 is 0. The largest absolute Gasteiger partial charge is 0.378 e. The number of fused-ring (bicyclic) bond motifs is 5. The summed E-state index contributed by atoms with van der Waals surface area (Å²) in [5.41, 5.74) is 3.27. The molecule has 0 aromatic heterocycles. The van der Waals surface area contributed by atoms with Crippen molar-refractivity contribution >= 4 is 5.91 Å². The third-order valence-corrected chi connectivity index (χ3v) is 13.0. The van der Waals surface area contributed by atoms with Crippen molar-refractivity contribution in [2.24, 2.45) is 44.8 Å². The van der Waals surface area contributed by atoms with Crippen molar-refractivity contribution in [3.05, 3.63) is 23.8 Å². The van der Waals surface area contributed by atoms with Gasteiger partial charge in [-0.05, 0) is 104 Å². The van der Waals surface area contributed by atoms with Crippen molar-refractivity contribution in [1.82, 2.24) is 4.90 Å². The van der Waals surface area contributed by atoms with Crippen LogP contribution in [0.15, 0.2) is 23.8 Å². The molecule has 1 heterocycles. The van der Waals surface area contributed by atoms with E-state index in [1.54, 1.807) is 5.57 Å². The number of nitriles is 1. The molecule has 5 aliphatic rings. The number of carbonyl (C=O) groups is 1. The first-order chi connectivity index (χ1) is 17.8. The Kier molecular flexibility index (Phi) is 6.99. The van der Waals surface area contributed by atoms with E-state index < -0.39 is 0 Å². The van der Waals surface area contributed by atoms with Crippen molar-refractivity contribution in [3.63, 3.8) is 0 Å². The summed E-state index contributed by atoms with van der Waals surface area (Å²) < 4.78 is 5.62. The van der Waals surface area contributed by atoms with Gasteiger partial charge in [-0.15, -0.1) is 0 Å². The van der Waals surface area contributed by atoms with Crippen LogP contribution >= 0.6 is 0 Å². The normalized spacial score (nSPS) is 44.1. The number of allylic oxidation sites excluding steroid dienone is 3. The molecule has 38 heavy (non-hydrogen) atoms. The quantitative estimate of drug-likeness (QED) is 0.357. The molecule has 4 nitrogen and oxygen atoms in total. The molecule has 0 spiro atoms. The molecule has 0 radical (unpaired) electrons. The van der Waals surface area contributed by atoms with Gasteiger partial charge in [-0.25, -0.2) is 0 Å². The predicted molar refractivity (Wildman–Crippen MR) is 153 cm³/mol. The molecule has 0 unspecified atom stereocenters. The van der Waals surface area contributed by atoms with Crippen LogP contribution in [0, 0.1) is 56.2 Å². The molecule has 1 aliphatic heterocycles. The standard InChI is InChI=1S/C34H52N2O2/c1-24(2)25-11-13-33(7)28(31(25,5)12-8-18-35)10-9-26-27-23-30(3,4)14-16-34(27,17-15-32(26,33)6)29(37)36-19-21-38-22-20-36/h9,25,27-28H,1,8,10-17,19-23H2,2-7H3/t25-,27-,28+,31-,32+,33+,34-/m0/s1. The zero-order chi connectivity index (χ0) is 27.6. The van der Waals surface area contributed by atoms with Crippen molar-refractivity contribution in [1.29, 1.82) is 5.26 Å². The monoisotopic (exact) mass is 520 g/mol. The highest BCUT2D eigenvalue weighted by Gasteiger charge is 2.67. The Morgan fingerprint density at radius 2 is 1.79 bits per heavy atom. The van der Waals surface area contributed by atoms with E-state index in [4.69, 9.17) is 4.74 Å². The molecule has 7 atom stereocenters. The maximum absolute atomic E-state index is 14.4. The molecular weight excluding hydrogens is 468 g/mol. The summed E-state index contributed by atoms with van der Waals surface area (Å²) in [6.45, 7) is 22.0. The van der Waals surface area contributed by atoms with Gasteiger partial charge < -0.3 is 9.64 Å². The fourth-order valence-electron chi connectivity index (χ4n) is 10.6. The van der Waals surface area contributed by atoms with Gasteiger partial charge in [-0.1, -0.05) is 58.4 Å². The number of hydrogen-bond acceptors (Lipinski definition) is 3. The Balaban J connectivity index is 1.58. The lowest BCUT2D eigenvalue weighted by Gasteiger charge is -2.69. The molecular formula is C34H52N2O2. The first-order valence-electron chi connectivity index (χ1n) is 15.4. The Bertz CT molecular complexity index is 1050. The maximum atomic E-state index is 14.4. The first kappa shape index (κ1) is 27.9. The van der Waals surface area contributed by atoms with E-state index in [-0.39, 0.29) is 27.1 Å². The van der Waals surface area contributed by atoms with Crippen LogP contribution in [0.2, 0.25) is 0 Å². The van der Waals surface area contributed by atoms with Crippen LogP contribution in [0.4, 0.5) is 0 Å². The lowest BCUT2D eigenvalue weighted by atomic mass is 9.35. The van der Waals surface area contributed by atoms with Crippen molar-refractivity contribution in [2.75, 3.05) is 26.3 Å². The Hall–Kier alpha value is -1.60. The van der Waals surface area contributed by atoms with Crippen LogP contribution in [0.5, 0.6) is 0 Å². The SMILES string of the molecule is C=C(C)[C@@H]1CC[C@]2(C)[C@H](CC=C3[C@@H]4CC(C)(C)CC[C@]4(C(=O)N4CCOCC4)CC[C@]32C)[C@@]1(C)CCC#N. The molecule has 1 amide bonds. The van der Waals surface area contributed by atoms with Gasteiger partial charge in [0.05, 0.1) is 24.7 Å². The topological polar surface area (TPSA) is 53.3 Å². The second-order valence-electron chi connectivity index (χ2n) is 15.3. The van der Waals surface area contributed by atoms with Gasteiger partial charge in [-0.3, -0.25) is 4.79 Å². The zero-order valence-corrected chi connectivity index (χ0v) is 25.1. The third kappa shape index (κ3) is 3.96. The number of carbonyl (C=O) groups excluding carboxylic acids is 1. The molecule has 0 bridgehead atoms. The molecule has 210 valence electrons. The molecule has 0 N–H and O–H groups in total. The second kappa shape index (κ2) is 9.50. The first-order valence-corrected chi connectivity index (χ1v) is 15.4. The molecule has 4 heteroatoms. The smallest absolute Gasteiger partial charge is 0.229 e. The molecule has 3 saturated carbocycles. The molecule has 4 aliphatic carbocycles. The number of amides is 1. The number of ether oxygens (including phenoxy) is 1. The summed E-state index contributed by atoms with van der Waals surface area (Å²) in [5, 5.41) is 9.57. The highest BCUT2D eigenvalue weighted by molar-refractivity contribution is 5.84. The van der Waals surface area contributed by atoms with Crippen LogP contribution in [0.25, 0.3) is 0 Å². The molecule has 0 aromatic carbocycles. The Morgan fingerprint density at radius 3 is 2.45 bits per heavy atom. The minimum Gasteiger partial charge on any atom is -0.378 e. The maximum Gasteiger partial charge on any atom is 0.229 e. The van der Waals surface area contributed by atoms with Gasteiger partial charge >= 0.3 is 0 Å². The van der Waals surface area contributed by atoms with Crippen LogP contribution in [0.1, 0.15) is 106 Å². The second-order valence-corrected chi connectivity index (χ2v) is 15.3. The van der Waals surface area contributed by atoms with Gasteiger partial charge in [0.15, 0.2) is 0 Å². The molecule has 1 saturated heterocycles. The van der Waals surface area contributed by atoms with Crippen molar-refractivity contribution in [2.45, 2.75) is 106 Å². The average molecular weight is 521 g/mol. The van der Waals surface area contributed by atoms with Gasteiger partial charge in [0, 0.05) is 19.5 Å². The molecule has 4 fully saturated rings. The Morgan fingerprint density at radius 1 is 1.11 bits per heavy atom. The average Bonchev–Trinajstić information content (AvgIpc) is 2.87. The van der Waals surface area contributed by atoms with Crippen LogP contribution in [-0.2, 0) is 9.53 Å². The highest BCUT2D eigenvalue weighted by atomic mass is 16.5.